The van der Waals surface area contributed by atoms with Crippen LogP contribution in [0.15, 0.2) is 24.3 Å². The number of rotatable bonds is 5. The Labute approximate surface area is 102 Å². The lowest BCUT2D eigenvalue weighted by Gasteiger charge is -2.09. The van der Waals surface area contributed by atoms with Crippen molar-refractivity contribution in [2.24, 2.45) is 5.92 Å². The Balaban J connectivity index is 2.36. The van der Waals surface area contributed by atoms with Gasteiger partial charge in [0.25, 0.3) is 0 Å². The molecule has 0 heterocycles. The zero-order valence-electron chi connectivity index (χ0n) is 10.3. The van der Waals surface area contributed by atoms with Gasteiger partial charge >= 0.3 is 6.09 Å². The number of amides is 1. The van der Waals surface area contributed by atoms with E-state index in [0.717, 1.165) is 11.1 Å². The van der Waals surface area contributed by atoms with Crippen molar-refractivity contribution in [2.45, 2.75) is 27.0 Å². The van der Waals surface area contributed by atoms with Crippen molar-refractivity contribution in [1.82, 2.24) is 5.32 Å². The van der Waals surface area contributed by atoms with Gasteiger partial charge in [-0.25, -0.2) is 4.79 Å². The molecule has 0 saturated carbocycles. The third-order valence-electron chi connectivity index (χ3n) is 2.16. The highest BCUT2D eigenvalue weighted by atomic mass is 16.5. The standard InChI is InChI=1S/C13H19NO3/c1-10(2)9-17-13(16)14-7-11-4-3-5-12(6-11)8-15/h3-6,10,15H,7-9H2,1-2H3,(H,14,16). The lowest BCUT2D eigenvalue weighted by atomic mass is 10.1. The molecule has 0 radical (unpaired) electrons. The fourth-order valence-electron chi connectivity index (χ4n) is 1.31. The van der Waals surface area contributed by atoms with Crippen LogP contribution in [0.4, 0.5) is 4.79 Å². The van der Waals surface area contributed by atoms with Gasteiger partial charge in [0.15, 0.2) is 0 Å². The Morgan fingerprint density at radius 2 is 2.12 bits per heavy atom. The first kappa shape index (κ1) is 13.5. The predicted octanol–water partition coefficient (Wildman–Crippen LogP) is 2.06. The summed E-state index contributed by atoms with van der Waals surface area (Å²) < 4.78 is 4.98. The second-order valence-electron chi connectivity index (χ2n) is 4.32. The highest BCUT2D eigenvalue weighted by Crippen LogP contribution is 2.05. The first-order chi connectivity index (χ1) is 8.11. The van der Waals surface area contributed by atoms with Crippen LogP contribution in [0.2, 0.25) is 0 Å². The van der Waals surface area contributed by atoms with E-state index in [9.17, 15) is 4.79 Å². The number of hydrogen-bond acceptors (Lipinski definition) is 3. The normalized spacial score (nSPS) is 10.4. The maximum atomic E-state index is 11.3. The van der Waals surface area contributed by atoms with E-state index in [1.807, 2.05) is 38.1 Å². The minimum absolute atomic E-state index is 0.00559. The fourth-order valence-corrected chi connectivity index (χ4v) is 1.31. The molecule has 2 N–H and O–H groups in total. The summed E-state index contributed by atoms with van der Waals surface area (Å²) in [5, 5.41) is 11.6. The van der Waals surface area contributed by atoms with Crippen LogP contribution in [-0.4, -0.2) is 17.8 Å². The van der Waals surface area contributed by atoms with Crippen molar-refractivity contribution in [3.63, 3.8) is 0 Å². The van der Waals surface area contributed by atoms with Gasteiger partial charge in [-0.3, -0.25) is 0 Å². The van der Waals surface area contributed by atoms with Crippen LogP contribution < -0.4 is 5.32 Å². The van der Waals surface area contributed by atoms with E-state index >= 15 is 0 Å². The van der Waals surface area contributed by atoms with E-state index in [0.29, 0.717) is 19.1 Å². The molecule has 94 valence electrons. The average Bonchev–Trinajstić information content (AvgIpc) is 2.34. The van der Waals surface area contributed by atoms with Gasteiger partial charge in [0.2, 0.25) is 0 Å². The molecule has 1 rings (SSSR count). The zero-order valence-corrected chi connectivity index (χ0v) is 10.3. The number of nitrogens with one attached hydrogen (secondary N) is 1. The molecule has 0 bridgehead atoms. The third-order valence-corrected chi connectivity index (χ3v) is 2.16. The van der Waals surface area contributed by atoms with Crippen LogP contribution in [-0.2, 0) is 17.9 Å². The summed E-state index contributed by atoms with van der Waals surface area (Å²) in [7, 11) is 0. The van der Waals surface area contributed by atoms with Crippen LogP contribution in [0.1, 0.15) is 25.0 Å². The number of aliphatic hydroxyl groups is 1. The lowest BCUT2D eigenvalue weighted by molar-refractivity contribution is 0.132. The first-order valence-electron chi connectivity index (χ1n) is 5.71. The van der Waals surface area contributed by atoms with E-state index in [2.05, 4.69) is 5.32 Å². The van der Waals surface area contributed by atoms with Gasteiger partial charge in [-0.2, -0.15) is 0 Å². The van der Waals surface area contributed by atoms with E-state index in [1.54, 1.807) is 0 Å². The quantitative estimate of drug-likeness (QED) is 0.824. The fraction of sp³-hybridized carbons (Fsp3) is 0.462. The minimum Gasteiger partial charge on any atom is -0.449 e. The van der Waals surface area contributed by atoms with Crippen molar-refractivity contribution in [3.05, 3.63) is 35.4 Å². The van der Waals surface area contributed by atoms with Crippen molar-refractivity contribution >= 4 is 6.09 Å². The van der Waals surface area contributed by atoms with Gasteiger partial charge in [-0.1, -0.05) is 38.1 Å². The Morgan fingerprint density at radius 3 is 2.76 bits per heavy atom. The minimum atomic E-state index is -0.409. The summed E-state index contributed by atoms with van der Waals surface area (Å²) in [5.41, 5.74) is 1.78. The summed E-state index contributed by atoms with van der Waals surface area (Å²) in [6.07, 6.45) is -0.409. The Bertz CT molecular complexity index is 363. The van der Waals surface area contributed by atoms with Crippen molar-refractivity contribution in [3.8, 4) is 0 Å². The predicted molar refractivity (Wildman–Crippen MR) is 65.4 cm³/mol. The second-order valence-corrected chi connectivity index (χ2v) is 4.32. The first-order valence-corrected chi connectivity index (χ1v) is 5.71. The second kappa shape index (κ2) is 6.91. The molecule has 0 saturated heterocycles. The van der Waals surface area contributed by atoms with Crippen molar-refractivity contribution in [1.29, 1.82) is 0 Å². The molecule has 4 heteroatoms. The summed E-state index contributed by atoms with van der Waals surface area (Å²) in [4.78, 5) is 11.3. The molecule has 17 heavy (non-hydrogen) atoms. The Morgan fingerprint density at radius 1 is 1.41 bits per heavy atom. The summed E-state index contributed by atoms with van der Waals surface area (Å²) >= 11 is 0. The van der Waals surface area contributed by atoms with Crippen LogP contribution in [0.25, 0.3) is 0 Å². The molecule has 1 aromatic rings. The molecule has 0 aliphatic carbocycles. The highest BCUT2D eigenvalue weighted by molar-refractivity contribution is 5.67. The molecule has 0 fully saturated rings. The number of aliphatic hydroxyl groups excluding tert-OH is 1. The van der Waals surface area contributed by atoms with Gasteiger partial charge < -0.3 is 15.2 Å². The zero-order chi connectivity index (χ0) is 12.7. The van der Waals surface area contributed by atoms with Crippen molar-refractivity contribution in [2.75, 3.05) is 6.61 Å². The number of benzene rings is 1. The van der Waals surface area contributed by atoms with Crippen LogP contribution >= 0.6 is 0 Å². The Hall–Kier alpha value is -1.55. The number of alkyl carbamates (subject to hydrolysis) is 1. The number of ether oxygens (including phenoxy) is 1. The molecule has 4 nitrogen and oxygen atoms in total. The molecule has 0 aliphatic rings. The summed E-state index contributed by atoms with van der Waals surface area (Å²) in [6, 6.07) is 7.42. The van der Waals surface area contributed by atoms with Crippen LogP contribution in [0, 0.1) is 5.92 Å². The SMILES string of the molecule is CC(C)COC(=O)NCc1cccc(CO)c1. The summed E-state index contributed by atoms with van der Waals surface area (Å²) in [5.74, 6) is 0.332. The molecule has 0 unspecified atom stereocenters. The van der Waals surface area contributed by atoms with E-state index in [4.69, 9.17) is 9.84 Å². The number of carbonyl (C=O) groups is 1. The molecule has 0 aliphatic heterocycles. The molecule has 0 aromatic heterocycles. The van der Waals surface area contributed by atoms with Crippen molar-refractivity contribution < 1.29 is 14.6 Å². The van der Waals surface area contributed by atoms with Crippen LogP contribution in [0.3, 0.4) is 0 Å². The molecule has 1 aromatic carbocycles. The van der Waals surface area contributed by atoms with Gasteiger partial charge in [0.1, 0.15) is 0 Å². The molecular weight excluding hydrogens is 218 g/mol. The molecular formula is C13H19NO3. The lowest BCUT2D eigenvalue weighted by Crippen LogP contribution is -2.25. The summed E-state index contributed by atoms with van der Waals surface area (Å²) in [6.45, 7) is 4.80. The third kappa shape index (κ3) is 5.36. The maximum Gasteiger partial charge on any atom is 0.407 e. The van der Waals surface area contributed by atoms with Crippen LogP contribution in [0.5, 0.6) is 0 Å². The smallest absolute Gasteiger partial charge is 0.407 e. The van der Waals surface area contributed by atoms with Gasteiger partial charge in [-0.05, 0) is 17.0 Å². The van der Waals surface area contributed by atoms with E-state index in [-0.39, 0.29) is 6.61 Å². The monoisotopic (exact) mass is 237 g/mol. The number of hydrogen-bond donors (Lipinski definition) is 2. The maximum absolute atomic E-state index is 11.3. The van der Waals surface area contributed by atoms with E-state index < -0.39 is 6.09 Å². The highest BCUT2D eigenvalue weighted by Gasteiger charge is 2.03. The Kier molecular flexibility index (Phi) is 5.49. The molecule has 0 spiro atoms. The number of carbonyl (C=O) groups excluding carboxylic acids is 1. The van der Waals surface area contributed by atoms with Gasteiger partial charge in [0.05, 0.1) is 13.2 Å². The largest absolute Gasteiger partial charge is 0.449 e. The average molecular weight is 237 g/mol. The topological polar surface area (TPSA) is 58.6 Å². The molecule has 1 amide bonds. The van der Waals surface area contributed by atoms with Gasteiger partial charge in [-0.15, -0.1) is 0 Å². The van der Waals surface area contributed by atoms with Gasteiger partial charge in [0, 0.05) is 6.54 Å². The van der Waals surface area contributed by atoms with E-state index in [1.165, 1.54) is 0 Å². The molecule has 0 atom stereocenters.